The third-order valence-electron chi connectivity index (χ3n) is 2.64. The van der Waals surface area contributed by atoms with Crippen molar-refractivity contribution in [3.05, 3.63) is 29.3 Å². The summed E-state index contributed by atoms with van der Waals surface area (Å²) < 4.78 is 0. The van der Waals surface area contributed by atoms with Crippen LogP contribution in [-0.2, 0) is 4.79 Å². The van der Waals surface area contributed by atoms with Crippen LogP contribution in [0.4, 0.5) is 5.69 Å². The van der Waals surface area contributed by atoms with Crippen molar-refractivity contribution in [2.75, 3.05) is 12.3 Å². The molecule has 6 heteroatoms. The number of carboxylic acids is 1. The molecule has 5 N–H and O–H groups in total. The molecule has 6 nitrogen and oxygen atoms in total. The standard InChI is InChI=1S/C12H16N2O4/c1-7-8(3-2-4-9(7)13)11(16)14-10(5-6-15)12(17)18/h2-4,10,15H,5-6,13H2,1H3,(H,14,16)(H,17,18). The number of nitrogens with two attached hydrogens (primary N) is 1. The number of rotatable bonds is 5. The number of amides is 1. The maximum atomic E-state index is 11.9. The molecule has 0 spiro atoms. The molecule has 0 aliphatic rings. The van der Waals surface area contributed by atoms with E-state index >= 15 is 0 Å². The van der Waals surface area contributed by atoms with Crippen LogP contribution >= 0.6 is 0 Å². The molecule has 0 saturated heterocycles. The molecule has 1 unspecified atom stereocenters. The Kier molecular flexibility index (Phi) is 4.67. The molecule has 98 valence electrons. The van der Waals surface area contributed by atoms with E-state index < -0.39 is 17.9 Å². The summed E-state index contributed by atoms with van der Waals surface area (Å²) in [7, 11) is 0. The van der Waals surface area contributed by atoms with Crippen LogP contribution < -0.4 is 11.1 Å². The number of hydrogen-bond acceptors (Lipinski definition) is 4. The van der Waals surface area contributed by atoms with E-state index in [1.807, 2.05) is 0 Å². The number of aliphatic carboxylic acids is 1. The molecule has 1 amide bonds. The predicted octanol–water partition coefficient (Wildman–Crippen LogP) is 0.143. The van der Waals surface area contributed by atoms with E-state index in [0.29, 0.717) is 16.8 Å². The highest BCUT2D eigenvalue weighted by molar-refractivity contribution is 5.98. The molecule has 1 aromatic carbocycles. The monoisotopic (exact) mass is 252 g/mol. The quantitative estimate of drug-likeness (QED) is 0.557. The van der Waals surface area contributed by atoms with E-state index in [2.05, 4.69) is 5.32 Å². The molecule has 0 aromatic heterocycles. The summed E-state index contributed by atoms with van der Waals surface area (Å²) in [5.41, 5.74) is 7.07. The van der Waals surface area contributed by atoms with Gasteiger partial charge < -0.3 is 21.3 Å². The summed E-state index contributed by atoms with van der Waals surface area (Å²) in [4.78, 5) is 22.8. The van der Waals surface area contributed by atoms with Gasteiger partial charge in [-0.25, -0.2) is 4.79 Å². The summed E-state index contributed by atoms with van der Waals surface area (Å²) in [5.74, 6) is -1.69. The summed E-state index contributed by atoms with van der Waals surface area (Å²) in [5, 5.41) is 20.0. The molecule has 1 atom stereocenters. The fourth-order valence-corrected chi connectivity index (χ4v) is 1.52. The van der Waals surface area contributed by atoms with Crippen molar-refractivity contribution in [2.45, 2.75) is 19.4 Å². The highest BCUT2D eigenvalue weighted by Crippen LogP contribution is 2.15. The first-order chi connectivity index (χ1) is 8.47. The van der Waals surface area contributed by atoms with E-state index in [9.17, 15) is 9.59 Å². The van der Waals surface area contributed by atoms with Gasteiger partial charge in [-0.1, -0.05) is 6.07 Å². The number of benzene rings is 1. The van der Waals surface area contributed by atoms with Crippen LogP contribution in [0.15, 0.2) is 18.2 Å². The Bertz CT molecular complexity index is 459. The maximum absolute atomic E-state index is 11.9. The second kappa shape index (κ2) is 6.02. The smallest absolute Gasteiger partial charge is 0.326 e. The summed E-state index contributed by atoms with van der Waals surface area (Å²) in [6, 6.07) is 3.75. The van der Waals surface area contributed by atoms with Crippen LogP contribution in [-0.4, -0.2) is 34.7 Å². The fraction of sp³-hybridized carbons (Fsp3) is 0.333. The molecular weight excluding hydrogens is 236 g/mol. The zero-order valence-electron chi connectivity index (χ0n) is 10.0. The third kappa shape index (κ3) is 3.21. The molecule has 0 saturated carbocycles. The molecular formula is C12H16N2O4. The molecule has 1 rings (SSSR count). The first-order valence-electron chi connectivity index (χ1n) is 5.47. The van der Waals surface area contributed by atoms with Gasteiger partial charge in [-0.15, -0.1) is 0 Å². The minimum absolute atomic E-state index is 0.0392. The molecule has 0 aliphatic heterocycles. The van der Waals surface area contributed by atoms with Crippen LogP contribution in [0.1, 0.15) is 22.3 Å². The van der Waals surface area contributed by atoms with E-state index in [-0.39, 0.29) is 13.0 Å². The number of anilines is 1. The Morgan fingerprint density at radius 3 is 2.67 bits per heavy atom. The van der Waals surface area contributed by atoms with Crippen molar-refractivity contribution >= 4 is 17.6 Å². The Balaban J connectivity index is 2.87. The van der Waals surface area contributed by atoms with Crippen LogP contribution in [0.3, 0.4) is 0 Å². The lowest BCUT2D eigenvalue weighted by molar-refractivity contribution is -0.139. The van der Waals surface area contributed by atoms with E-state index in [1.165, 1.54) is 0 Å². The molecule has 0 bridgehead atoms. The number of carboxylic acid groups (broad SMARTS) is 1. The van der Waals surface area contributed by atoms with Gasteiger partial charge in [0.05, 0.1) is 0 Å². The van der Waals surface area contributed by atoms with Crippen molar-refractivity contribution in [1.82, 2.24) is 5.32 Å². The average molecular weight is 252 g/mol. The highest BCUT2D eigenvalue weighted by Gasteiger charge is 2.21. The van der Waals surface area contributed by atoms with Gasteiger partial charge in [-0.05, 0) is 24.6 Å². The van der Waals surface area contributed by atoms with Crippen molar-refractivity contribution in [2.24, 2.45) is 0 Å². The topological polar surface area (TPSA) is 113 Å². The Morgan fingerprint density at radius 1 is 1.44 bits per heavy atom. The van der Waals surface area contributed by atoms with Crippen LogP contribution in [0.5, 0.6) is 0 Å². The highest BCUT2D eigenvalue weighted by atomic mass is 16.4. The summed E-state index contributed by atoms with van der Waals surface area (Å²) in [6.07, 6.45) is -0.0392. The largest absolute Gasteiger partial charge is 0.480 e. The van der Waals surface area contributed by atoms with Gasteiger partial charge in [0, 0.05) is 24.3 Å². The lowest BCUT2D eigenvalue weighted by Gasteiger charge is -2.14. The van der Waals surface area contributed by atoms with E-state index in [4.69, 9.17) is 15.9 Å². The Morgan fingerprint density at radius 2 is 2.11 bits per heavy atom. The number of aliphatic hydroxyl groups is 1. The van der Waals surface area contributed by atoms with Crippen molar-refractivity contribution in [3.8, 4) is 0 Å². The van der Waals surface area contributed by atoms with Gasteiger partial charge in [-0.3, -0.25) is 4.79 Å². The number of nitrogens with one attached hydrogen (secondary N) is 1. The van der Waals surface area contributed by atoms with Crippen molar-refractivity contribution in [1.29, 1.82) is 0 Å². The predicted molar refractivity (Wildman–Crippen MR) is 66.2 cm³/mol. The third-order valence-corrected chi connectivity index (χ3v) is 2.64. The number of hydrogen-bond donors (Lipinski definition) is 4. The summed E-state index contributed by atoms with van der Waals surface area (Å²) >= 11 is 0. The maximum Gasteiger partial charge on any atom is 0.326 e. The molecule has 0 heterocycles. The van der Waals surface area contributed by atoms with Crippen molar-refractivity contribution < 1.29 is 19.8 Å². The lowest BCUT2D eigenvalue weighted by Crippen LogP contribution is -2.41. The molecule has 0 fully saturated rings. The first kappa shape index (κ1) is 14.0. The second-order valence-electron chi connectivity index (χ2n) is 3.90. The number of carbonyl (C=O) groups is 2. The Labute approximate surface area is 104 Å². The van der Waals surface area contributed by atoms with Gasteiger partial charge in [0.15, 0.2) is 0 Å². The second-order valence-corrected chi connectivity index (χ2v) is 3.90. The first-order valence-corrected chi connectivity index (χ1v) is 5.47. The van der Waals surface area contributed by atoms with Crippen LogP contribution in [0.2, 0.25) is 0 Å². The van der Waals surface area contributed by atoms with E-state index in [0.717, 1.165) is 0 Å². The molecule has 0 radical (unpaired) electrons. The number of aliphatic hydroxyl groups excluding tert-OH is 1. The lowest BCUT2D eigenvalue weighted by atomic mass is 10.1. The van der Waals surface area contributed by atoms with Gasteiger partial charge >= 0.3 is 5.97 Å². The number of carbonyl (C=O) groups excluding carboxylic acids is 1. The minimum Gasteiger partial charge on any atom is -0.480 e. The molecule has 1 aromatic rings. The van der Waals surface area contributed by atoms with Crippen LogP contribution in [0.25, 0.3) is 0 Å². The Hall–Kier alpha value is -2.08. The normalized spacial score (nSPS) is 11.9. The van der Waals surface area contributed by atoms with Gasteiger partial charge in [0.25, 0.3) is 5.91 Å². The van der Waals surface area contributed by atoms with Crippen LogP contribution in [0, 0.1) is 6.92 Å². The SMILES string of the molecule is Cc1c(N)cccc1C(=O)NC(CCO)C(=O)O. The summed E-state index contributed by atoms with van der Waals surface area (Å²) in [6.45, 7) is 1.37. The van der Waals surface area contributed by atoms with Gasteiger partial charge in [-0.2, -0.15) is 0 Å². The molecule has 18 heavy (non-hydrogen) atoms. The van der Waals surface area contributed by atoms with Gasteiger partial charge in [0.2, 0.25) is 0 Å². The zero-order chi connectivity index (χ0) is 13.7. The zero-order valence-corrected chi connectivity index (χ0v) is 10.0. The average Bonchev–Trinajstić information content (AvgIpc) is 2.31. The van der Waals surface area contributed by atoms with Gasteiger partial charge in [0.1, 0.15) is 6.04 Å². The minimum atomic E-state index is -1.18. The van der Waals surface area contributed by atoms with E-state index in [1.54, 1.807) is 25.1 Å². The molecule has 0 aliphatic carbocycles. The fourth-order valence-electron chi connectivity index (χ4n) is 1.52. The number of nitrogen functional groups attached to an aromatic ring is 1. The van der Waals surface area contributed by atoms with Crippen molar-refractivity contribution in [3.63, 3.8) is 0 Å².